The van der Waals surface area contributed by atoms with Crippen molar-refractivity contribution in [3.8, 4) is 6.07 Å². The van der Waals surface area contributed by atoms with Crippen LogP contribution in [0.2, 0.25) is 0 Å². The standard InChI is InChI=1S/C13H18N2O/c1-10(2)9-16-15-8-13-5-4-12(7-14)6-11(13)3/h4-6,10,15H,8-9H2,1-3H3. The predicted molar refractivity (Wildman–Crippen MR) is 63.5 cm³/mol. The van der Waals surface area contributed by atoms with Crippen molar-refractivity contribution in [2.45, 2.75) is 27.3 Å². The van der Waals surface area contributed by atoms with Crippen LogP contribution >= 0.6 is 0 Å². The molecule has 1 rings (SSSR count). The van der Waals surface area contributed by atoms with Crippen LogP contribution in [0.4, 0.5) is 0 Å². The monoisotopic (exact) mass is 218 g/mol. The van der Waals surface area contributed by atoms with Crippen LogP contribution in [-0.2, 0) is 11.4 Å². The van der Waals surface area contributed by atoms with E-state index in [0.717, 1.165) is 11.1 Å². The molecule has 0 aliphatic rings. The first kappa shape index (κ1) is 12.7. The first-order chi connectivity index (χ1) is 7.63. The Labute approximate surface area is 97.0 Å². The molecule has 0 heterocycles. The lowest BCUT2D eigenvalue weighted by molar-refractivity contribution is 0.0195. The van der Waals surface area contributed by atoms with Crippen LogP contribution in [0.3, 0.4) is 0 Å². The van der Waals surface area contributed by atoms with Gasteiger partial charge >= 0.3 is 0 Å². The Hall–Kier alpha value is -1.37. The normalized spacial score (nSPS) is 10.4. The molecule has 86 valence electrons. The van der Waals surface area contributed by atoms with E-state index in [9.17, 15) is 0 Å². The highest BCUT2D eigenvalue weighted by atomic mass is 16.6. The van der Waals surface area contributed by atoms with Gasteiger partial charge in [0.05, 0.1) is 18.2 Å². The molecule has 0 atom stereocenters. The second kappa shape index (κ2) is 6.26. The number of benzene rings is 1. The summed E-state index contributed by atoms with van der Waals surface area (Å²) in [5.41, 5.74) is 5.89. The zero-order chi connectivity index (χ0) is 12.0. The van der Waals surface area contributed by atoms with Crippen molar-refractivity contribution in [1.29, 1.82) is 5.26 Å². The van der Waals surface area contributed by atoms with E-state index >= 15 is 0 Å². The van der Waals surface area contributed by atoms with Crippen molar-refractivity contribution in [1.82, 2.24) is 5.48 Å². The minimum atomic E-state index is 0.523. The van der Waals surface area contributed by atoms with Crippen molar-refractivity contribution in [3.63, 3.8) is 0 Å². The topological polar surface area (TPSA) is 45.0 Å². The van der Waals surface area contributed by atoms with Gasteiger partial charge in [-0.15, -0.1) is 0 Å². The molecule has 1 aromatic rings. The Morgan fingerprint density at radius 3 is 2.75 bits per heavy atom. The lowest BCUT2D eigenvalue weighted by atomic mass is 10.1. The fourth-order valence-corrected chi connectivity index (χ4v) is 1.32. The van der Waals surface area contributed by atoms with E-state index < -0.39 is 0 Å². The molecule has 0 aliphatic carbocycles. The van der Waals surface area contributed by atoms with Crippen LogP contribution in [0.25, 0.3) is 0 Å². The molecule has 0 bridgehead atoms. The predicted octanol–water partition coefficient (Wildman–Crippen LogP) is 2.54. The van der Waals surface area contributed by atoms with Crippen molar-refractivity contribution in [2.24, 2.45) is 5.92 Å². The summed E-state index contributed by atoms with van der Waals surface area (Å²) in [5, 5.41) is 8.74. The number of hydroxylamine groups is 1. The van der Waals surface area contributed by atoms with Gasteiger partial charge in [0.1, 0.15) is 0 Å². The number of nitriles is 1. The summed E-state index contributed by atoms with van der Waals surface area (Å²) in [5.74, 6) is 0.523. The summed E-state index contributed by atoms with van der Waals surface area (Å²) in [6, 6.07) is 7.80. The lowest BCUT2D eigenvalue weighted by Gasteiger charge is -2.09. The van der Waals surface area contributed by atoms with Gasteiger partial charge in [-0.3, -0.25) is 0 Å². The second-order valence-corrected chi connectivity index (χ2v) is 4.28. The molecule has 0 saturated heterocycles. The van der Waals surface area contributed by atoms with Crippen molar-refractivity contribution in [2.75, 3.05) is 6.61 Å². The SMILES string of the molecule is Cc1cc(C#N)ccc1CNOCC(C)C. The molecule has 16 heavy (non-hydrogen) atoms. The van der Waals surface area contributed by atoms with Gasteiger partial charge < -0.3 is 4.84 Å². The van der Waals surface area contributed by atoms with E-state index in [2.05, 4.69) is 25.4 Å². The average molecular weight is 218 g/mol. The van der Waals surface area contributed by atoms with Crippen LogP contribution < -0.4 is 5.48 Å². The molecule has 1 aromatic carbocycles. The van der Waals surface area contributed by atoms with E-state index in [-0.39, 0.29) is 0 Å². The quantitative estimate of drug-likeness (QED) is 0.610. The highest BCUT2D eigenvalue weighted by Crippen LogP contribution is 2.10. The maximum atomic E-state index is 8.74. The van der Waals surface area contributed by atoms with E-state index in [4.69, 9.17) is 10.1 Å². The molecule has 1 N–H and O–H groups in total. The van der Waals surface area contributed by atoms with Gasteiger partial charge in [0.15, 0.2) is 0 Å². The fourth-order valence-electron chi connectivity index (χ4n) is 1.32. The summed E-state index contributed by atoms with van der Waals surface area (Å²) in [4.78, 5) is 5.30. The molecule has 3 heteroatoms. The molecule has 0 amide bonds. The number of hydrogen-bond donors (Lipinski definition) is 1. The number of rotatable bonds is 5. The number of aryl methyl sites for hydroxylation is 1. The summed E-state index contributed by atoms with van der Waals surface area (Å²) in [6.45, 7) is 7.59. The van der Waals surface area contributed by atoms with E-state index in [1.54, 1.807) is 0 Å². The minimum Gasteiger partial charge on any atom is -0.301 e. The maximum absolute atomic E-state index is 8.74. The van der Waals surface area contributed by atoms with Gasteiger partial charge in [0, 0.05) is 6.54 Å². The lowest BCUT2D eigenvalue weighted by Crippen LogP contribution is -2.17. The number of hydrogen-bond acceptors (Lipinski definition) is 3. The van der Waals surface area contributed by atoms with Crippen molar-refractivity contribution in [3.05, 3.63) is 34.9 Å². The molecule has 0 aromatic heterocycles. The zero-order valence-electron chi connectivity index (χ0n) is 10.1. The zero-order valence-corrected chi connectivity index (χ0v) is 10.1. The molecule has 0 saturated carbocycles. The molecule has 0 spiro atoms. The Bertz CT molecular complexity index is 380. The third kappa shape index (κ3) is 4.01. The summed E-state index contributed by atoms with van der Waals surface area (Å²) >= 11 is 0. The van der Waals surface area contributed by atoms with Gasteiger partial charge in [-0.05, 0) is 36.1 Å². The second-order valence-electron chi connectivity index (χ2n) is 4.28. The molecule has 3 nitrogen and oxygen atoms in total. The van der Waals surface area contributed by atoms with Crippen molar-refractivity contribution >= 4 is 0 Å². The van der Waals surface area contributed by atoms with E-state index in [1.807, 2.05) is 25.1 Å². The van der Waals surface area contributed by atoms with Gasteiger partial charge in [-0.1, -0.05) is 19.9 Å². The highest BCUT2D eigenvalue weighted by molar-refractivity contribution is 5.37. The number of nitrogens with zero attached hydrogens (tertiary/aromatic N) is 1. The van der Waals surface area contributed by atoms with Crippen LogP contribution in [0, 0.1) is 24.2 Å². The fraction of sp³-hybridized carbons (Fsp3) is 0.462. The van der Waals surface area contributed by atoms with Gasteiger partial charge in [-0.2, -0.15) is 10.7 Å². The Balaban J connectivity index is 2.46. The third-order valence-corrected chi connectivity index (χ3v) is 2.25. The number of nitrogens with one attached hydrogen (secondary N) is 1. The minimum absolute atomic E-state index is 0.523. The summed E-state index contributed by atoms with van der Waals surface area (Å²) in [7, 11) is 0. The van der Waals surface area contributed by atoms with Crippen LogP contribution in [-0.4, -0.2) is 6.61 Å². The van der Waals surface area contributed by atoms with E-state index in [1.165, 1.54) is 0 Å². The molecule has 0 aliphatic heterocycles. The largest absolute Gasteiger partial charge is 0.301 e. The average Bonchev–Trinajstić information content (AvgIpc) is 2.25. The molecule has 0 radical (unpaired) electrons. The van der Waals surface area contributed by atoms with Gasteiger partial charge in [-0.25, -0.2) is 0 Å². The Morgan fingerprint density at radius 2 is 2.19 bits per heavy atom. The third-order valence-electron chi connectivity index (χ3n) is 2.25. The van der Waals surface area contributed by atoms with E-state index in [0.29, 0.717) is 24.6 Å². The first-order valence-corrected chi connectivity index (χ1v) is 5.47. The first-order valence-electron chi connectivity index (χ1n) is 5.47. The van der Waals surface area contributed by atoms with Crippen molar-refractivity contribution < 1.29 is 4.84 Å². The molecular formula is C13H18N2O. The highest BCUT2D eigenvalue weighted by Gasteiger charge is 2.00. The van der Waals surface area contributed by atoms with Gasteiger partial charge in [0.25, 0.3) is 0 Å². The molecular weight excluding hydrogens is 200 g/mol. The van der Waals surface area contributed by atoms with Crippen LogP contribution in [0.1, 0.15) is 30.5 Å². The Kier molecular flexibility index (Phi) is 4.97. The molecule has 0 unspecified atom stereocenters. The van der Waals surface area contributed by atoms with Crippen LogP contribution in [0.15, 0.2) is 18.2 Å². The summed E-state index contributed by atoms with van der Waals surface area (Å²) in [6.07, 6.45) is 0. The molecule has 0 fully saturated rings. The van der Waals surface area contributed by atoms with Gasteiger partial charge in [0.2, 0.25) is 0 Å². The Morgan fingerprint density at radius 1 is 1.44 bits per heavy atom. The summed E-state index contributed by atoms with van der Waals surface area (Å²) < 4.78 is 0. The van der Waals surface area contributed by atoms with Crippen LogP contribution in [0.5, 0.6) is 0 Å². The maximum Gasteiger partial charge on any atom is 0.0991 e. The smallest absolute Gasteiger partial charge is 0.0991 e.